The van der Waals surface area contributed by atoms with Gasteiger partial charge in [-0.1, -0.05) is 0 Å². The topological polar surface area (TPSA) is 99.8 Å². The van der Waals surface area contributed by atoms with Crippen molar-refractivity contribution >= 4 is 22.2 Å². The fourth-order valence-electron chi connectivity index (χ4n) is 1.97. The van der Waals surface area contributed by atoms with E-state index in [1.807, 2.05) is 18.2 Å². The third kappa shape index (κ3) is 1.43. The number of nitrogen functional groups attached to an aromatic ring is 1. The summed E-state index contributed by atoms with van der Waals surface area (Å²) < 4.78 is 3.06. The van der Waals surface area contributed by atoms with E-state index in [1.165, 1.54) is 4.63 Å². The van der Waals surface area contributed by atoms with Crippen LogP contribution in [0.2, 0.25) is 0 Å². The Hall–Kier alpha value is -3.03. The van der Waals surface area contributed by atoms with Crippen LogP contribution < -0.4 is 5.73 Å². The molecule has 4 aromatic rings. The molecule has 0 unspecified atom stereocenters. The largest absolute Gasteiger partial charge is 0.399 e. The molecule has 0 radical (unpaired) electrons. The second-order valence-corrected chi connectivity index (χ2v) is 4.09. The van der Waals surface area contributed by atoms with E-state index in [1.54, 1.807) is 23.0 Å². The van der Waals surface area contributed by atoms with Crippen molar-refractivity contribution in [2.24, 2.45) is 0 Å². The first-order chi connectivity index (χ1) is 9.31. The van der Waals surface area contributed by atoms with E-state index in [-0.39, 0.29) is 0 Å². The van der Waals surface area contributed by atoms with E-state index in [0.29, 0.717) is 17.2 Å². The first-order valence-electron chi connectivity index (χ1n) is 5.60. The predicted molar refractivity (Wildman–Crippen MR) is 67.6 cm³/mol. The molecule has 1 aromatic carbocycles. The Kier molecular flexibility index (Phi) is 1.82. The Morgan fingerprint density at radius 3 is 3.00 bits per heavy atom. The van der Waals surface area contributed by atoms with Gasteiger partial charge < -0.3 is 5.73 Å². The van der Waals surface area contributed by atoms with Gasteiger partial charge in [0.1, 0.15) is 0 Å². The molecule has 8 nitrogen and oxygen atoms in total. The molecule has 0 saturated carbocycles. The van der Waals surface area contributed by atoms with Crippen molar-refractivity contribution in [2.45, 2.75) is 0 Å². The molecule has 0 atom stereocenters. The van der Waals surface area contributed by atoms with Crippen LogP contribution in [-0.4, -0.2) is 35.0 Å². The molecule has 0 saturated heterocycles. The summed E-state index contributed by atoms with van der Waals surface area (Å²) in [4.78, 5) is 0. The lowest BCUT2D eigenvalue weighted by molar-refractivity contribution is 0.707. The van der Waals surface area contributed by atoms with Gasteiger partial charge in [-0.05, 0) is 40.8 Å². The maximum Gasteiger partial charge on any atom is 0.200 e. The zero-order valence-electron chi connectivity index (χ0n) is 9.67. The third-order valence-electron chi connectivity index (χ3n) is 2.87. The van der Waals surface area contributed by atoms with E-state index in [9.17, 15) is 0 Å². The van der Waals surface area contributed by atoms with Gasteiger partial charge in [-0.3, -0.25) is 0 Å². The van der Waals surface area contributed by atoms with Gasteiger partial charge in [0.15, 0.2) is 11.5 Å². The molecule has 0 fully saturated rings. The lowest BCUT2D eigenvalue weighted by atomic mass is 10.2. The molecule has 0 bridgehead atoms. The minimum absolute atomic E-state index is 0.583. The molecule has 0 spiro atoms. The summed E-state index contributed by atoms with van der Waals surface area (Å²) in [6.07, 6.45) is 1.76. The summed E-state index contributed by atoms with van der Waals surface area (Å²) in [6.45, 7) is 0. The molecule has 0 aliphatic carbocycles. The van der Waals surface area contributed by atoms with Crippen LogP contribution in [0.4, 0.5) is 5.69 Å². The minimum atomic E-state index is 0.583. The van der Waals surface area contributed by atoms with E-state index in [4.69, 9.17) is 5.73 Å². The number of rotatable bonds is 1. The van der Waals surface area contributed by atoms with E-state index < -0.39 is 0 Å². The van der Waals surface area contributed by atoms with Crippen molar-refractivity contribution in [2.75, 3.05) is 5.73 Å². The van der Waals surface area contributed by atoms with Crippen molar-refractivity contribution in [3.63, 3.8) is 0 Å². The molecule has 92 valence electrons. The first kappa shape index (κ1) is 9.95. The van der Waals surface area contributed by atoms with E-state index in [2.05, 4.69) is 25.7 Å². The van der Waals surface area contributed by atoms with Crippen LogP contribution in [-0.2, 0) is 0 Å². The van der Waals surface area contributed by atoms with E-state index in [0.717, 1.165) is 10.9 Å². The van der Waals surface area contributed by atoms with Gasteiger partial charge in [0.25, 0.3) is 0 Å². The second-order valence-electron chi connectivity index (χ2n) is 4.09. The van der Waals surface area contributed by atoms with Crippen molar-refractivity contribution in [3.8, 4) is 5.82 Å². The van der Waals surface area contributed by atoms with Crippen LogP contribution >= 0.6 is 0 Å². The number of nitrogens with zero attached hydrogens (tertiary/aromatic N) is 7. The highest BCUT2D eigenvalue weighted by molar-refractivity contribution is 5.83. The van der Waals surface area contributed by atoms with Gasteiger partial charge in [0, 0.05) is 11.1 Å². The standard InChI is InChI=1S/C11H8N8/c12-8-2-1-7-6-13-18(9(7)5-8)11-4-3-10-14-16-17-19(10)15-11/h1-6H,12H2. The number of fused-ring (bicyclic) bond motifs is 2. The van der Waals surface area contributed by atoms with Crippen molar-refractivity contribution < 1.29 is 0 Å². The molecular weight excluding hydrogens is 244 g/mol. The molecule has 0 aliphatic heterocycles. The van der Waals surface area contributed by atoms with Gasteiger partial charge in [0.2, 0.25) is 0 Å². The van der Waals surface area contributed by atoms with Crippen molar-refractivity contribution in [1.29, 1.82) is 0 Å². The zero-order valence-corrected chi connectivity index (χ0v) is 9.67. The number of anilines is 1. The summed E-state index contributed by atoms with van der Waals surface area (Å²) in [6, 6.07) is 9.20. The molecule has 3 heterocycles. The van der Waals surface area contributed by atoms with Crippen molar-refractivity contribution in [3.05, 3.63) is 36.5 Å². The summed E-state index contributed by atoms with van der Waals surface area (Å²) >= 11 is 0. The highest BCUT2D eigenvalue weighted by Gasteiger charge is 2.08. The van der Waals surface area contributed by atoms with Crippen LogP contribution in [0.5, 0.6) is 0 Å². The van der Waals surface area contributed by atoms with Crippen LogP contribution in [0.1, 0.15) is 0 Å². The Labute approximate surface area is 106 Å². The first-order valence-corrected chi connectivity index (χ1v) is 5.60. The molecule has 0 amide bonds. The lowest BCUT2D eigenvalue weighted by Gasteiger charge is -2.02. The Morgan fingerprint density at radius 1 is 1.11 bits per heavy atom. The highest BCUT2D eigenvalue weighted by Crippen LogP contribution is 2.19. The zero-order chi connectivity index (χ0) is 12.8. The van der Waals surface area contributed by atoms with Crippen molar-refractivity contribution in [1.82, 2.24) is 35.0 Å². The number of benzene rings is 1. The lowest BCUT2D eigenvalue weighted by Crippen LogP contribution is -2.04. The summed E-state index contributed by atoms with van der Waals surface area (Å²) in [7, 11) is 0. The maximum absolute atomic E-state index is 5.80. The predicted octanol–water partition coefficient (Wildman–Crippen LogP) is 0.440. The average Bonchev–Trinajstić information content (AvgIpc) is 3.03. The quantitative estimate of drug-likeness (QED) is 0.493. The monoisotopic (exact) mass is 252 g/mol. The molecular formula is C11H8N8. The number of hydrogen-bond donors (Lipinski definition) is 1. The smallest absolute Gasteiger partial charge is 0.200 e. The van der Waals surface area contributed by atoms with Gasteiger partial charge in [-0.15, -0.1) is 14.8 Å². The molecule has 0 aliphatic rings. The Morgan fingerprint density at radius 2 is 2.05 bits per heavy atom. The maximum atomic E-state index is 5.80. The molecule has 3 aromatic heterocycles. The number of hydrogen-bond acceptors (Lipinski definition) is 6. The minimum Gasteiger partial charge on any atom is -0.399 e. The van der Waals surface area contributed by atoms with Crippen LogP contribution in [0, 0.1) is 0 Å². The number of tetrazole rings is 1. The molecule has 2 N–H and O–H groups in total. The molecule has 4 rings (SSSR count). The number of nitrogens with two attached hydrogens (primary N) is 1. The SMILES string of the molecule is Nc1ccc2cnn(-c3ccc4nnnn4n3)c2c1. The Bertz CT molecular complexity index is 890. The van der Waals surface area contributed by atoms with E-state index >= 15 is 0 Å². The third-order valence-corrected chi connectivity index (χ3v) is 2.87. The van der Waals surface area contributed by atoms with Gasteiger partial charge in [-0.2, -0.15) is 5.10 Å². The highest BCUT2D eigenvalue weighted by atomic mass is 15.6. The van der Waals surface area contributed by atoms with Crippen LogP contribution in [0.25, 0.3) is 22.4 Å². The van der Waals surface area contributed by atoms with Gasteiger partial charge >= 0.3 is 0 Å². The van der Waals surface area contributed by atoms with Crippen LogP contribution in [0.3, 0.4) is 0 Å². The molecule has 19 heavy (non-hydrogen) atoms. The fourth-order valence-corrected chi connectivity index (χ4v) is 1.97. The fraction of sp³-hybridized carbons (Fsp3) is 0. The summed E-state index contributed by atoms with van der Waals surface area (Å²) in [5, 5.41) is 20.7. The number of aromatic nitrogens is 7. The normalized spacial score (nSPS) is 11.4. The average molecular weight is 252 g/mol. The second kappa shape index (κ2) is 3.48. The summed E-state index contributed by atoms with van der Waals surface area (Å²) in [5.41, 5.74) is 7.96. The van der Waals surface area contributed by atoms with Gasteiger partial charge in [0.05, 0.1) is 11.7 Å². The van der Waals surface area contributed by atoms with Gasteiger partial charge in [-0.25, -0.2) is 4.68 Å². The summed E-state index contributed by atoms with van der Waals surface area (Å²) in [5.74, 6) is 0.625. The Balaban J connectivity index is 2.00. The molecule has 8 heteroatoms. The van der Waals surface area contributed by atoms with Crippen LogP contribution in [0.15, 0.2) is 36.5 Å².